The van der Waals surface area contributed by atoms with Crippen molar-refractivity contribution in [1.29, 1.82) is 0 Å². The van der Waals surface area contributed by atoms with E-state index in [1.165, 1.54) is 11.3 Å². The van der Waals surface area contributed by atoms with Gasteiger partial charge >= 0.3 is 5.69 Å². The van der Waals surface area contributed by atoms with Crippen LogP contribution in [0.3, 0.4) is 0 Å². The number of aromatic amines is 2. The average molecular weight is 308 g/mol. The van der Waals surface area contributed by atoms with Gasteiger partial charge in [0, 0.05) is 17.8 Å². The second kappa shape index (κ2) is 7.14. The Morgan fingerprint density at radius 2 is 2.33 bits per heavy atom. The summed E-state index contributed by atoms with van der Waals surface area (Å²) in [6.45, 7) is 0.183. The summed E-state index contributed by atoms with van der Waals surface area (Å²) in [7, 11) is 0. The Morgan fingerprint density at radius 3 is 3.05 bits per heavy atom. The third-order valence-electron chi connectivity index (χ3n) is 2.28. The van der Waals surface area contributed by atoms with Crippen molar-refractivity contribution < 1.29 is 4.79 Å². The number of carbonyl (C=O) groups excluding carboxylic acids is 1. The number of carbonyl (C=O) groups is 1. The number of thiophene rings is 1. The fraction of sp³-hybridized carbons (Fsp3) is 0.182. The number of hydrazone groups is 1. The molecule has 0 saturated carbocycles. The molecule has 0 aliphatic heterocycles. The number of rotatable bonds is 6. The maximum absolute atomic E-state index is 11.5. The Balaban J connectivity index is 1.74. The molecule has 2 aromatic rings. The van der Waals surface area contributed by atoms with Crippen molar-refractivity contribution in [2.24, 2.45) is 5.10 Å². The number of hydrogen-bond donors (Lipinski definition) is 4. The highest BCUT2D eigenvalue weighted by molar-refractivity contribution is 7.11. The summed E-state index contributed by atoms with van der Waals surface area (Å²) in [5.41, 5.74) is 1.03. The van der Waals surface area contributed by atoms with Gasteiger partial charge < -0.3 is 5.32 Å². The molecule has 9 nitrogen and oxygen atoms in total. The van der Waals surface area contributed by atoms with Gasteiger partial charge in [-0.05, 0) is 11.4 Å². The van der Waals surface area contributed by atoms with E-state index in [0.717, 1.165) is 4.88 Å². The van der Waals surface area contributed by atoms with Gasteiger partial charge in [0.15, 0.2) is 0 Å². The highest BCUT2D eigenvalue weighted by Crippen LogP contribution is 2.03. The smallest absolute Gasteiger partial charge is 0.342 e. The van der Waals surface area contributed by atoms with Gasteiger partial charge in [-0.1, -0.05) is 6.07 Å². The van der Waals surface area contributed by atoms with Crippen LogP contribution in [0.4, 0.5) is 5.82 Å². The Hall–Kier alpha value is -2.75. The molecule has 0 bridgehead atoms. The van der Waals surface area contributed by atoms with Crippen LogP contribution in [-0.4, -0.2) is 33.8 Å². The van der Waals surface area contributed by atoms with Crippen LogP contribution in [0.2, 0.25) is 0 Å². The number of anilines is 1. The van der Waals surface area contributed by atoms with Gasteiger partial charge in [-0.25, -0.2) is 15.3 Å². The van der Waals surface area contributed by atoms with Crippen LogP contribution in [0.25, 0.3) is 0 Å². The van der Waals surface area contributed by atoms with Crippen LogP contribution in [-0.2, 0) is 4.79 Å². The molecule has 0 unspecified atom stereocenters. The van der Waals surface area contributed by atoms with E-state index in [1.807, 2.05) is 22.5 Å². The Bertz CT molecular complexity index is 733. The predicted octanol–water partition coefficient (Wildman–Crippen LogP) is -0.528. The molecule has 0 saturated heterocycles. The van der Waals surface area contributed by atoms with E-state index >= 15 is 0 Å². The fourth-order valence-corrected chi connectivity index (χ4v) is 1.94. The van der Waals surface area contributed by atoms with Crippen LogP contribution in [0.1, 0.15) is 11.3 Å². The minimum absolute atomic E-state index is 0.0514. The van der Waals surface area contributed by atoms with E-state index in [2.05, 4.69) is 26.0 Å². The molecule has 4 N–H and O–H groups in total. The Labute approximate surface area is 122 Å². The van der Waals surface area contributed by atoms with E-state index in [1.54, 1.807) is 6.21 Å². The molecule has 1 amide bonds. The number of H-pyrrole nitrogens is 2. The molecule has 0 radical (unpaired) electrons. The summed E-state index contributed by atoms with van der Waals surface area (Å²) >= 11 is 1.50. The van der Waals surface area contributed by atoms with Gasteiger partial charge in [-0.3, -0.25) is 14.6 Å². The summed E-state index contributed by atoms with van der Waals surface area (Å²) in [4.78, 5) is 36.5. The number of nitrogens with zero attached hydrogens (tertiary/aromatic N) is 2. The topological polar surface area (TPSA) is 132 Å². The second-order valence-corrected chi connectivity index (χ2v) is 4.82. The highest BCUT2D eigenvalue weighted by Gasteiger charge is 2.03. The lowest BCUT2D eigenvalue weighted by Crippen LogP contribution is -2.28. The van der Waals surface area contributed by atoms with Gasteiger partial charge in [0.05, 0.1) is 6.21 Å². The minimum Gasteiger partial charge on any atom is -0.364 e. The lowest BCUT2D eigenvalue weighted by Gasteiger charge is -2.02. The van der Waals surface area contributed by atoms with Gasteiger partial charge in [-0.2, -0.15) is 5.10 Å². The van der Waals surface area contributed by atoms with Crippen molar-refractivity contribution in [2.75, 3.05) is 11.9 Å². The predicted molar refractivity (Wildman–Crippen MR) is 78.6 cm³/mol. The minimum atomic E-state index is -0.689. The van der Waals surface area contributed by atoms with Gasteiger partial charge in [-0.15, -0.1) is 16.4 Å². The van der Waals surface area contributed by atoms with Crippen LogP contribution < -0.4 is 22.0 Å². The van der Waals surface area contributed by atoms with Crippen molar-refractivity contribution >= 4 is 29.3 Å². The zero-order valence-corrected chi connectivity index (χ0v) is 11.6. The third-order valence-corrected chi connectivity index (χ3v) is 3.09. The molecule has 0 aliphatic carbocycles. The van der Waals surface area contributed by atoms with Crippen LogP contribution in [0.5, 0.6) is 0 Å². The van der Waals surface area contributed by atoms with Crippen molar-refractivity contribution in [1.82, 2.24) is 20.6 Å². The number of nitrogens with one attached hydrogen (secondary N) is 4. The lowest BCUT2D eigenvalue weighted by molar-refractivity contribution is -0.120. The van der Waals surface area contributed by atoms with Crippen LogP contribution >= 0.6 is 11.3 Å². The molecule has 21 heavy (non-hydrogen) atoms. The first-order chi connectivity index (χ1) is 10.1. The van der Waals surface area contributed by atoms with E-state index in [-0.39, 0.29) is 24.7 Å². The van der Waals surface area contributed by atoms with Crippen molar-refractivity contribution in [3.8, 4) is 0 Å². The first-order valence-corrected chi connectivity index (χ1v) is 6.81. The van der Waals surface area contributed by atoms with Crippen LogP contribution in [0, 0.1) is 0 Å². The number of hydrogen-bond acceptors (Lipinski definition) is 7. The van der Waals surface area contributed by atoms with Gasteiger partial charge in [0.25, 0.3) is 5.56 Å². The van der Waals surface area contributed by atoms with Gasteiger partial charge in [0.1, 0.15) is 0 Å². The lowest BCUT2D eigenvalue weighted by atomic mass is 10.4. The maximum atomic E-state index is 11.5. The normalized spacial score (nSPS) is 10.7. The molecule has 2 heterocycles. The maximum Gasteiger partial charge on any atom is 0.342 e. The van der Waals surface area contributed by atoms with Crippen molar-refractivity contribution in [3.05, 3.63) is 43.2 Å². The molecule has 10 heteroatoms. The Morgan fingerprint density at radius 1 is 1.48 bits per heavy atom. The standard InChI is InChI=1S/C11H12N6O3S/c18-8(15-13-6-7-2-1-5-21-7)3-4-12-9-10(19)14-11(20)17-16-9/h1-2,5-6H,3-4H2,(H,12,16)(H,15,18)(H2,14,17,19,20)/b13-6+. The molecular weight excluding hydrogens is 296 g/mol. The molecule has 0 atom stereocenters. The van der Waals surface area contributed by atoms with Crippen molar-refractivity contribution in [2.45, 2.75) is 6.42 Å². The van der Waals surface area contributed by atoms with E-state index in [9.17, 15) is 14.4 Å². The molecule has 0 aliphatic rings. The summed E-state index contributed by atoms with van der Waals surface area (Å²) < 4.78 is 0. The first-order valence-electron chi connectivity index (χ1n) is 5.93. The molecule has 2 aromatic heterocycles. The molecule has 0 aromatic carbocycles. The van der Waals surface area contributed by atoms with Crippen molar-refractivity contribution in [3.63, 3.8) is 0 Å². The summed E-state index contributed by atoms with van der Waals surface area (Å²) in [5, 5.41) is 13.9. The average Bonchev–Trinajstić information content (AvgIpc) is 2.94. The monoisotopic (exact) mass is 308 g/mol. The fourth-order valence-electron chi connectivity index (χ4n) is 1.35. The SMILES string of the molecule is O=C(CCNc1n[nH]c(=O)[nH]c1=O)N/N=C/c1cccs1. The molecule has 0 spiro atoms. The summed E-state index contributed by atoms with van der Waals surface area (Å²) in [5.74, 6) is -0.361. The van der Waals surface area contributed by atoms with Crippen LogP contribution in [0.15, 0.2) is 32.2 Å². The quantitative estimate of drug-likeness (QED) is 0.421. The second-order valence-electron chi connectivity index (χ2n) is 3.84. The summed E-state index contributed by atoms with van der Waals surface area (Å²) in [6, 6.07) is 3.75. The van der Waals surface area contributed by atoms with E-state index in [0.29, 0.717) is 0 Å². The zero-order valence-electron chi connectivity index (χ0n) is 10.8. The first kappa shape index (κ1) is 14.7. The largest absolute Gasteiger partial charge is 0.364 e. The Kier molecular flexibility index (Phi) is 4.99. The molecule has 2 rings (SSSR count). The highest BCUT2D eigenvalue weighted by atomic mass is 32.1. The number of aromatic nitrogens is 3. The van der Waals surface area contributed by atoms with E-state index in [4.69, 9.17) is 0 Å². The summed E-state index contributed by atoms with van der Waals surface area (Å²) in [6.07, 6.45) is 1.65. The van der Waals surface area contributed by atoms with Gasteiger partial charge in [0.2, 0.25) is 11.7 Å². The third kappa shape index (κ3) is 4.69. The zero-order chi connectivity index (χ0) is 15.1. The molecule has 110 valence electrons. The molecule has 0 fully saturated rings. The van der Waals surface area contributed by atoms with E-state index < -0.39 is 11.2 Å². The number of amides is 1. The molecular formula is C11H12N6O3S.